The Kier molecular flexibility index (Phi) is 16.8. The van der Waals surface area contributed by atoms with E-state index in [-0.39, 0.29) is 48.2 Å². The summed E-state index contributed by atoms with van der Waals surface area (Å²) < 4.78 is 8.07. The van der Waals surface area contributed by atoms with Gasteiger partial charge in [0.15, 0.2) is 0 Å². The first-order valence-electron chi connectivity index (χ1n) is 20.1. The molecule has 4 aromatic rings. The maximum Gasteiger partial charge on any atom is 0.248 e. The molecule has 6 atom stereocenters. The number of carbonyl (C=O) groups is 6. The summed E-state index contributed by atoms with van der Waals surface area (Å²) in [6, 6.07) is 13.9. The summed E-state index contributed by atoms with van der Waals surface area (Å²) in [5.41, 5.74) is 2.64. The molecule has 62 heavy (non-hydrogen) atoms. The molecule has 2 saturated heterocycles. The molecule has 0 aliphatic carbocycles. The van der Waals surface area contributed by atoms with Crippen molar-refractivity contribution in [3.63, 3.8) is 0 Å². The van der Waals surface area contributed by atoms with E-state index in [1.54, 1.807) is 27.9 Å². The van der Waals surface area contributed by atoms with Crippen LogP contribution >= 0.6 is 46.6 Å². The Morgan fingerprint density at radius 2 is 1.02 bits per heavy atom. The van der Waals surface area contributed by atoms with Crippen LogP contribution in [-0.4, -0.2) is 138 Å². The van der Waals surface area contributed by atoms with E-state index >= 15 is 0 Å². The molecule has 330 valence electrons. The number of likely N-dealkylation sites (N-methyl/N-ethyl adjacent to an activating group) is 2. The highest BCUT2D eigenvalue weighted by atomic mass is 32.2. The van der Waals surface area contributed by atoms with E-state index < -0.39 is 48.1 Å². The summed E-state index contributed by atoms with van der Waals surface area (Å²) in [6.07, 6.45) is 1.17. The van der Waals surface area contributed by atoms with Gasteiger partial charge in [-0.1, -0.05) is 82.5 Å². The predicted molar refractivity (Wildman–Crippen MR) is 243 cm³/mol. The molecule has 2 fully saturated rings. The second kappa shape index (κ2) is 22.4. The standard InChI is InChI=1S/C40H50N12O6S4/c1-23(41-3)33(53)43-27(39(57)51-21-59-19-29(51)35(55)45-37-31(47-49-61-37)25-13-7-5-8-14-25)17-11-12-18-28(44-34(54)24(2)42-4)40(58)52-22-60-20-30(52)36(56)46-38-32(48-50-62-38)26-15-9-6-10-16-26/h5-10,13-16,23-24,27-30,41-42H,11-12,17-22H2,1-4H3,(H,43,53)(H,44,54)(H,45,55)(H,46,56)/t23-,24-,27-,28?,29?,30-/m0/s1. The number of amides is 6. The van der Waals surface area contributed by atoms with E-state index in [0.29, 0.717) is 45.7 Å². The molecule has 2 aromatic carbocycles. The third-order valence-corrected chi connectivity index (χ3v) is 13.9. The smallest absolute Gasteiger partial charge is 0.248 e. The number of thioether (sulfide) groups is 2. The largest absolute Gasteiger partial charge is 0.343 e. The fourth-order valence-electron chi connectivity index (χ4n) is 6.73. The van der Waals surface area contributed by atoms with Gasteiger partial charge in [0, 0.05) is 45.7 Å². The van der Waals surface area contributed by atoms with Gasteiger partial charge in [0.05, 0.1) is 23.8 Å². The maximum absolute atomic E-state index is 14.3. The number of unbranched alkanes of at least 4 members (excludes halogenated alkanes) is 1. The Morgan fingerprint density at radius 3 is 1.39 bits per heavy atom. The van der Waals surface area contributed by atoms with Crippen LogP contribution in [0.1, 0.15) is 39.5 Å². The number of carbonyl (C=O) groups excluding carboxylic acids is 6. The van der Waals surface area contributed by atoms with Gasteiger partial charge in [-0.3, -0.25) is 28.8 Å². The van der Waals surface area contributed by atoms with Gasteiger partial charge in [0.25, 0.3) is 0 Å². The molecular weight excluding hydrogens is 873 g/mol. The molecule has 4 heterocycles. The number of hydrogen-bond acceptors (Lipinski definition) is 16. The van der Waals surface area contributed by atoms with E-state index in [1.165, 1.54) is 33.3 Å². The number of nitrogens with zero attached hydrogens (tertiary/aromatic N) is 6. The molecule has 0 spiro atoms. The SMILES string of the molecule is CN[C@@H](C)C(=O)NC(CCCC[C@H](NC(=O)[C@H](C)NC)C(=O)N1CSCC1C(=O)Nc1snnc1-c1ccccc1)C(=O)N1CSC[C@H]1C(=O)Nc1snnc1-c1ccccc1. The molecule has 6 amide bonds. The Labute approximate surface area is 376 Å². The highest BCUT2D eigenvalue weighted by Crippen LogP contribution is 2.32. The van der Waals surface area contributed by atoms with E-state index in [0.717, 1.165) is 34.2 Å². The molecule has 18 nitrogen and oxygen atoms in total. The molecule has 0 radical (unpaired) electrons. The first kappa shape index (κ1) is 46.5. The lowest BCUT2D eigenvalue weighted by molar-refractivity contribution is -0.140. The summed E-state index contributed by atoms with van der Waals surface area (Å²) >= 11 is 4.96. The number of anilines is 2. The van der Waals surface area contributed by atoms with Gasteiger partial charge in [0.2, 0.25) is 35.4 Å². The monoisotopic (exact) mass is 922 g/mol. The molecule has 2 aliphatic heterocycles. The first-order valence-corrected chi connectivity index (χ1v) is 23.9. The van der Waals surface area contributed by atoms with Crippen molar-refractivity contribution in [3.8, 4) is 22.5 Å². The van der Waals surface area contributed by atoms with Crippen LogP contribution in [-0.2, 0) is 28.8 Å². The van der Waals surface area contributed by atoms with Crippen LogP contribution < -0.4 is 31.9 Å². The second-order valence-corrected chi connectivity index (χ2v) is 18.2. The number of benzene rings is 2. The highest BCUT2D eigenvalue weighted by Gasteiger charge is 2.41. The maximum atomic E-state index is 14.3. The van der Waals surface area contributed by atoms with Crippen LogP contribution in [0.25, 0.3) is 22.5 Å². The third kappa shape index (κ3) is 11.5. The fourth-order valence-corrected chi connectivity index (χ4v) is 10.2. The quantitative estimate of drug-likeness (QED) is 0.0744. The molecule has 2 aliphatic rings. The summed E-state index contributed by atoms with van der Waals surface area (Å²) in [5, 5.41) is 26.7. The van der Waals surface area contributed by atoms with E-state index in [1.807, 2.05) is 60.7 Å². The Balaban J connectivity index is 1.12. The van der Waals surface area contributed by atoms with E-state index in [9.17, 15) is 28.8 Å². The lowest BCUT2D eigenvalue weighted by Gasteiger charge is -2.29. The van der Waals surface area contributed by atoms with Crippen molar-refractivity contribution in [2.75, 3.05) is 48.0 Å². The van der Waals surface area contributed by atoms with Crippen LogP contribution in [0.2, 0.25) is 0 Å². The lowest BCUT2D eigenvalue weighted by Crippen LogP contribution is -2.55. The van der Waals surface area contributed by atoms with Crippen LogP contribution in [0, 0.1) is 0 Å². The van der Waals surface area contributed by atoms with Crippen LogP contribution in [0.3, 0.4) is 0 Å². The first-order chi connectivity index (χ1) is 30.0. The van der Waals surface area contributed by atoms with Gasteiger partial charge in [-0.2, -0.15) is 0 Å². The Morgan fingerprint density at radius 1 is 0.629 bits per heavy atom. The number of hydrogen-bond donors (Lipinski definition) is 6. The third-order valence-electron chi connectivity index (χ3n) is 10.6. The molecular formula is C40H50N12O6S4. The normalized spacial score (nSPS) is 18.1. The van der Waals surface area contributed by atoms with Crippen LogP contribution in [0.5, 0.6) is 0 Å². The Hall–Kier alpha value is -5.00. The highest BCUT2D eigenvalue weighted by molar-refractivity contribution is 7.99. The number of nitrogens with one attached hydrogen (secondary N) is 6. The fraction of sp³-hybridized carbons (Fsp3) is 0.450. The zero-order valence-corrected chi connectivity index (χ0v) is 37.9. The van der Waals surface area contributed by atoms with Gasteiger partial charge in [-0.05, 0) is 40.8 Å². The zero-order chi connectivity index (χ0) is 44.2. The van der Waals surface area contributed by atoms with Crippen LogP contribution in [0.15, 0.2) is 60.7 Å². The summed E-state index contributed by atoms with van der Waals surface area (Å²) in [5.74, 6) is -1.15. The van der Waals surface area contributed by atoms with E-state index in [2.05, 4.69) is 51.1 Å². The minimum Gasteiger partial charge on any atom is -0.343 e. The zero-order valence-electron chi connectivity index (χ0n) is 34.7. The van der Waals surface area contributed by atoms with Crippen molar-refractivity contribution >= 4 is 92.0 Å². The summed E-state index contributed by atoms with van der Waals surface area (Å²) in [4.78, 5) is 85.3. The van der Waals surface area contributed by atoms with Gasteiger partial charge < -0.3 is 41.7 Å². The van der Waals surface area contributed by atoms with Gasteiger partial charge in [0.1, 0.15) is 45.6 Å². The predicted octanol–water partition coefficient (Wildman–Crippen LogP) is 2.85. The molecule has 6 rings (SSSR count). The number of rotatable bonds is 19. The average molecular weight is 923 g/mol. The lowest BCUT2D eigenvalue weighted by atomic mass is 10.0. The second-order valence-electron chi connectivity index (χ2n) is 14.7. The average Bonchev–Trinajstić information content (AvgIpc) is 4.14. The molecule has 2 unspecified atom stereocenters. The molecule has 22 heteroatoms. The van der Waals surface area contributed by atoms with Gasteiger partial charge in [-0.15, -0.1) is 33.7 Å². The topological polar surface area (TPSA) is 233 Å². The minimum atomic E-state index is -0.977. The van der Waals surface area contributed by atoms with E-state index in [4.69, 9.17) is 0 Å². The molecule has 2 aromatic heterocycles. The minimum absolute atomic E-state index is 0.201. The van der Waals surface area contributed by atoms with Crippen molar-refractivity contribution in [3.05, 3.63) is 60.7 Å². The summed E-state index contributed by atoms with van der Waals surface area (Å²) in [6.45, 7) is 3.36. The Bertz CT molecular complexity index is 2030. The van der Waals surface area contributed by atoms with Crippen molar-refractivity contribution in [1.82, 2.24) is 50.2 Å². The van der Waals surface area contributed by atoms with Gasteiger partial charge in [-0.25, -0.2) is 0 Å². The molecule has 0 bridgehead atoms. The number of aromatic nitrogens is 4. The van der Waals surface area contributed by atoms with Crippen LogP contribution in [0.4, 0.5) is 10.0 Å². The van der Waals surface area contributed by atoms with Crippen molar-refractivity contribution in [2.24, 2.45) is 0 Å². The molecule has 0 saturated carbocycles. The van der Waals surface area contributed by atoms with Crippen molar-refractivity contribution < 1.29 is 28.8 Å². The molecule has 6 N–H and O–H groups in total. The summed E-state index contributed by atoms with van der Waals surface area (Å²) in [7, 11) is 3.28. The van der Waals surface area contributed by atoms with Crippen molar-refractivity contribution in [1.29, 1.82) is 0 Å². The van der Waals surface area contributed by atoms with Gasteiger partial charge >= 0.3 is 0 Å². The van der Waals surface area contributed by atoms with Crippen molar-refractivity contribution in [2.45, 2.75) is 75.8 Å².